The molecule has 3 fully saturated rings. The van der Waals surface area contributed by atoms with Crippen LogP contribution in [0.25, 0.3) is 21.2 Å². The van der Waals surface area contributed by atoms with E-state index in [-0.39, 0.29) is 41.1 Å². The van der Waals surface area contributed by atoms with Crippen molar-refractivity contribution in [3.63, 3.8) is 0 Å². The maximum atomic E-state index is 15.9. The minimum Gasteiger partial charge on any atom is -0.496 e. The van der Waals surface area contributed by atoms with Gasteiger partial charge in [0.25, 0.3) is 23.3 Å². The van der Waals surface area contributed by atoms with Gasteiger partial charge in [-0.25, -0.2) is 8.78 Å². The van der Waals surface area contributed by atoms with Crippen LogP contribution in [0, 0.1) is 0 Å². The number of nitrogens with zero attached hydrogens (tertiary/aromatic N) is 5. The van der Waals surface area contributed by atoms with E-state index in [9.17, 15) is 24.0 Å². The number of hydrogen-bond acceptors (Lipinski definition) is 11. The number of imide groups is 1. The number of carbonyl (C=O) groups is 4. The number of amides is 4. The van der Waals surface area contributed by atoms with Gasteiger partial charge in [-0.15, -0.1) is 11.3 Å². The number of rotatable bonds is 10. The van der Waals surface area contributed by atoms with Crippen LogP contribution in [0.2, 0.25) is 0 Å². The van der Waals surface area contributed by atoms with Crippen molar-refractivity contribution in [1.82, 2.24) is 29.9 Å². The van der Waals surface area contributed by atoms with Crippen molar-refractivity contribution in [2.75, 3.05) is 59.4 Å². The van der Waals surface area contributed by atoms with Crippen molar-refractivity contribution in [2.24, 2.45) is 7.05 Å². The number of fused-ring (bicyclic) bond motifs is 2. The van der Waals surface area contributed by atoms with Crippen LogP contribution in [0.1, 0.15) is 63.3 Å². The van der Waals surface area contributed by atoms with Crippen molar-refractivity contribution in [3.05, 3.63) is 74.5 Å². The van der Waals surface area contributed by atoms with Gasteiger partial charge >= 0.3 is 0 Å². The SMILES string of the molecule is COc1cc(-c2cn(C)c(=O)c3cc(C(=O)N[C@H]4CCN(C5CCN(c6ccc7c(c6)C(=O)N(C6CCC(=O)NC6=O)C7)CC5)CC4(F)F)sc23)cc(OC)c1CN(C)C. The van der Waals surface area contributed by atoms with E-state index in [4.69, 9.17) is 9.47 Å². The number of hydrogen-bond donors (Lipinski definition) is 2. The molecule has 318 valence electrons. The van der Waals surface area contributed by atoms with Crippen LogP contribution in [0.5, 0.6) is 11.5 Å². The maximum absolute atomic E-state index is 15.9. The topological polar surface area (TPSA) is 146 Å². The molecule has 2 atom stereocenters. The van der Waals surface area contributed by atoms with Crippen molar-refractivity contribution in [3.8, 4) is 22.6 Å². The zero-order valence-corrected chi connectivity index (χ0v) is 35.1. The molecule has 0 saturated carbocycles. The molecule has 4 amide bonds. The number of benzene rings is 2. The van der Waals surface area contributed by atoms with Crippen LogP contribution in [-0.2, 0) is 29.7 Å². The molecule has 0 bridgehead atoms. The monoisotopic (exact) mass is 845 g/mol. The molecule has 4 aromatic rings. The summed E-state index contributed by atoms with van der Waals surface area (Å²) in [4.78, 5) is 72.1. The lowest BCUT2D eigenvalue weighted by atomic mass is 9.95. The van der Waals surface area contributed by atoms with E-state index in [2.05, 4.69) is 15.5 Å². The Morgan fingerprint density at radius 2 is 1.68 bits per heavy atom. The fraction of sp³-hybridized carbons (Fsp3) is 0.465. The third kappa shape index (κ3) is 7.73. The molecule has 2 aromatic heterocycles. The minimum atomic E-state index is -3.20. The Morgan fingerprint density at radius 3 is 2.33 bits per heavy atom. The van der Waals surface area contributed by atoms with Gasteiger partial charge in [-0.3, -0.25) is 34.2 Å². The Balaban J connectivity index is 0.913. The summed E-state index contributed by atoms with van der Waals surface area (Å²) in [5, 5.41) is 5.25. The number of anilines is 1. The molecular formula is C43H49F2N7O7S. The molecule has 17 heteroatoms. The van der Waals surface area contributed by atoms with Crippen molar-refractivity contribution in [1.29, 1.82) is 0 Å². The van der Waals surface area contributed by atoms with Crippen molar-refractivity contribution >= 4 is 50.7 Å². The number of aryl methyl sites for hydroxylation is 1. The number of thiophene rings is 1. The summed E-state index contributed by atoms with van der Waals surface area (Å²) in [6.07, 6.45) is 3.54. The summed E-state index contributed by atoms with van der Waals surface area (Å²) in [6.45, 7) is 2.00. The molecule has 60 heavy (non-hydrogen) atoms. The van der Waals surface area contributed by atoms with Gasteiger partial charge in [-0.05, 0) is 81.2 Å². The van der Waals surface area contributed by atoms with Gasteiger partial charge < -0.3 is 34.1 Å². The zero-order chi connectivity index (χ0) is 42.6. The van der Waals surface area contributed by atoms with Crippen LogP contribution >= 0.6 is 11.3 Å². The number of alkyl halides is 2. The van der Waals surface area contributed by atoms with E-state index in [0.29, 0.717) is 90.3 Å². The summed E-state index contributed by atoms with van der Waals surface area (Å²) in [5.74, 6) is -3.66. The predicted molar refractivity (Wildman–Crippen MR) is 223 cm³/mol. The molecule has 0 radical (unpaired) electrons. The summed E-state index contributed by atoms with van der Waals surface area (Å²) in [6, 6.07) is 8.79. The molecule has 4 aliphatic rings. The molecule has 0 spiro atoms. The standard InChI is InChI=1S/C43H49F2N7O7S/c1-48(2)21-31-33(58-4)16-25(17-34(31)59-5)30-22-49(3)41(56)29-19-35(60-38(29)30)40(55)46-36-12-15-51(23-43(36,44)45)26-10-13-50(14-11-26)27-7-6-24-20-52(42(57)28(24)18-27)32-8-9-37(53)47-39(32)54/h6-7,16-19,22,26,32,36H,8-15,20-21,23H2,1-5H3,(H,46,55)(H,47,53,54)/t32?,36-/m0/s1. The lowest BCUT2D eigenvalue weighted by Crippen LogP contribution is -2.61. The number of nitrogens with one attached hydrogen (secondary N) is 2. The first-order chi connectivity index (χ1) is 28.6. The normalized spacial score (nSPS) is 21.1. The number of piperidine rings is 3. The summed E-state index contributed by atoms with van der Waals surface area (Å²) in [5.41, 5.74) is 4.16. The molecule has 3 saturated heterocycles. The van der Waals surface area contributed by atoms with Crippen molar-refractivity contribution in [2.45, 2.75) is 69.2 Å². The van der Waals surface area contributed by atoms with Gasteiger partial charge in [0.05, 0.1) is 42.6 Å². The van der Waals surface area contributed by atoms with Crippen LogP contribution < -0.4 is 30.6 Å². The first-order valence-corrected chi connectivity index (χ1v) is 21.0. The molecule has 6 heterocycles. The molecule has 0 aliphatic carbocycles. The second-order valence-corrected chi connectivity index (χ2v) is 17.5. The molecule has 2 aromatic carbocycles. The molecule has 4 aliphatic heterocycles. The minimum absolute atomic E-state index is 0.0619. The highest BCUT2D eigenvalue weighted by Crippen LogP contribution is 2.40. The fourth-order valence-electron chi connectivity index (χ4n) is 9.09. The van der Waals surface area contributed by atoms with E-state index in [1.165, 1.54) is 15.5 Å². The van der Waals surface area contributed by atoms with Crippen molar-refractivity contribution < 1.29 is 37.4 Å². The van der Waals surface area contributed by atoms with Gasteiger partial charge in [-0.1, -0.05) is 6.07 Å². The third-order valence-electron chi connectivity index (χ3n) is 12.3. The highest BCUT2D eigenvalue weighted by atomic mass is 32.1. The van der Waals surface area contributed by atoms with E-state index >= 15 is 8.78 Å². The fourth-order valence-corrected chi connectivity index (χ4v) is 10.2. The summed E-state index contributed by atoms with van der Waals surface area (Å²) < 4.78 is 45.3. The van der Waals surface area contributed by atoms with Crippen LogP contribution in [0.4, 0.5) is 14.5 Å². The largest absolute Gasteiger partial charge is 0.496 e. The molecule has 8 rings (SSSR count). The first-order valence-electron chi connectivity index (χ1n) is 20.1. The molecule has 2 N–H and O–H groups in total. The summed E-state index contributed by atoms with van der Waals surface area (Å²) >= 11 is 1.09. The number of ether oxygens (including phenoxy) is 2. The number of halogens is 2. The van der Waals surface area contributed by atoms with E-state index in [1.54, 1.807) is 27.5 Å². The molecule has 14 nitrogen and oxygen atoms in total. The Labute approximate surface area is 350 Å². The Hall–Kier alpha value is -5.39. The second kappa shape index (κ2) is 16.2. The number of aromatic nitrogens is 1. The van der Waals surface area contributed by atoms with Gasteiger partial charge in [0, 0.05) is 79.9 Å². The Bertz CT molecular complexity index is 2420. The van der Waals surface area contributed by atoms with E-state index in [0.717, 1.165) is 28.2 Å². The molecule has 1 unspecified atom stereocenters. The average Bonchev–Trinajstić information content (AvgIpc) is 3.81. The average molecular weight is 846 g/mol. The second-order valence-electron chi connectivity index (χ2n) is 16.4. The van der Waals surface area contributed by atoms with Gasteiger partial charge in [0.1, 0.15) is 17.5 Å². The van der Waals surface area contributed by atoms with Crippen LogP contribution in [0.15, 0.2) is 47.4 Å². The first kappa shape index (κ1) is 41.3. The van der Waals surface area contributed by atoms with Gasteiger partial charge in [-0.2, -0.15) is 0 Å². The lowest BCUT2D eigenvalue weighted by molar-refractivity contribution is -0.136. The number of methoxy groups -OCH3 is 2. The van der Waals surface area contributed by atoms with Gasteiger partial charge in [0.2, 0.25) is 11.8 Å². The zero-order valence-electron chi connectivity index (χ0n) is 34.3. The van der Waals surface area contributed by atoms with Crippen LogP contribution in [-0.4, -0.2) is 121 Å². The van der Waals surface area contributed by atoms with E-state index < -0.39 is 36.4 Å². The highest BCUT2D eigenvalue weighted by molar-refractivity contribution is 7.21. The highest BCUT2D eigenvalue weighted by Gasteiger charge is 2.47. The quantitative estimate of drug-likeness (QED) is 0.223. The smallest absolute Gasteiger partial charge is 0.280 e. The van der Waals surface area contributed by atoms with E-state index in [1.807, 2.05) is 54.2 Å². The number of pyridine rings is 1. The Kier molecular flexibility index (Phi) is 11.2. The Morgan fingerprint density at radius 1 is 0.967 bits per heavy atom. The van der Waals surface area contributed by atoms with Crippen LogP contribution in [0.3, 0.4) is 0 Å². The third-order valence-corrected chi connectivity index (χ3v) is 13.4. The maximum Gasteiger partial charge on any atom is 0.280 e. The number of carbonyl (C=O) groups excluding carboxylic acids is 4. The summed E-state index contributed by atoms with van der Waals surface area (Å²) in [7, 11) is 8.67. The molecular weight excluding hydrogens is 797 g/mol. The predicted octanol–water partition coefficient (Wildman–Crippen LogP) is 4.22. The van der Waals surface area contributed by atoms with Gasteiger partial charge in [0.15, 0.2) is 0 Å². The lowest BCUT2D eigenvalue weighted by Gasteiger charge is -2.45. The number of likely N-dealkylation sites (tertiary alicyclic amines) is 1.